The smallest absolute Gasteiger partial charge is 0.150 e. The standard InChI is InChI=1S/C19H23NO2S/c21-23(22)12-10-15(14-23)13-20-11-4-9-19(20)18-8-3-6-16-5-1-2-7-17(16)18/h1-3,5-8,15,19H,4,9-14H2/t15-,19-/m1/s1. The number of nitrogens with zero attached hydrogens (tertiary/aromatic N) is 1. The van der Waals surface area contributed by atoms with Gasteiger partial charge in [0.1, 0.15) is 0 Å². The van der Waals surface area contributed by atoms with Crippen molar-refractivity contribution in [3.8, 4) is 0 Å². The normalized spacial score (nSPS) is 27.7. The monoisotopic (exact) mass is 329 g/mol. The van der Waals surface area contributed by atoms with Crippen molar-refractivity contribution < 1.29 is 8.42 Å². The van der Waals surface area contributed by atoms with Crippen molar-refractivity contribution in [2.45, 2.75) is 25.3 Å². The van der Waals surface area contributed by atoms with Crippen LogP contribution in [0.2, 0.25) is 0 Å². The van der Waals surface area contributed by atoms with E-state index in [-0.39, 0.29) is 0 Å². The summed E-state index contributed by atoms with van der Waals surface area (Å²) >= 11 is 0. The summed E-state index contributed by atoms with van der Waals surface area (Å²) in [6, 6.07) is 15.6. The minimum atomic E-state index is -2.78. The maximum Gasteiger partial charge on any atom is 0.150 e. The lowest BCUT2D eigenvalue weighted by molar-refractivity contribution is 0.225. The van der Waals surface area contributed by atoms with E-state index in [2.05, 4.69) is 47.4 Å². The van der Waals surface area contributed by atoms with Crippen LogP contribution < -0.4 is 0 Å². The zero-order chi connectivity index (χ0) is 15.9. The van der Waals surface area contributed by atoms with Gasteiger partial charge in [-0.15, -0.1) is 0 Å². The molecule has 0 aromatic heterocycles. The van der Waals surface area contributed by atoms with Crippen molar-refractivity contribution >= 4 is 20.6 Å². The van der Waals surface area contributed by atoms with Gasteiger partial charge in [0.15, 0.2) is 9.84 Å². The molecule has 2 aliphatic heterocycles. The summed E-state index contributed by atoms with van der Waals surface area (Å²) in [7, 11) is -2.78. The van der Waals surface area contributed by atoms with E-state index < -0.39 is 9.84 Å². The van der Waals surface area contributed by atoms with Gasteiger partial charge in [0, 0.05) is 12.6 Å². The SMILES string of the molecule is O=S1(=O)CC[C@H](CN2CCC[C@@H]2c2cccc3ccccc23)C1. The number of rotatable bonds is 3. The number of fused-ring (bicyclic) bond motifs is 1. The Balaban J connectivity index is 1.60. The van der Waals surface area contributed by atoms with Crippen molar-refractivity contribution in [2.24, 2.45) is 5.92 Å². The van der Waals surface area contributed by atoms with Crippen LogP contribution in [-0.2, 0) is 9.84 Å². The molecule has 2 aromatic carbocycles. The lowest BCUT2D eigenvalue weighted by atomic mass is 9.96. The van der Waals surface area contributed by atoms with Gasteiger partial charge in [-0.1, -0.05) is 42.5 Å². The average molecular weight is 329 g/mol. The highest BCUT2D eigenvalue weighted by Crippen LogP contribution is 2.37. The molecule has 2 saturated heterocycles. The Kier molecular flexibility index (Phi) is 3.90. The first kappa shape index (κ1) is 15.2. The Labute approximate surface area is 138 Å². The first-order valence-electron chi connectivity index (χ1n) is 8.54. The van der Waals surface area contributed by atoms with E-state index >= 15 is 0 Å². The molecule has 4 rings (SSSR count). The summed E-state index contributed by atoms with van der Waals surface area (Å²) in [5.41, 5.74) is 1.40. The van der Waals surface area contributed by atoms with Gasteiger partial charge < -0.3 is 0 Å². The highest BCUT2D eigenvalue weighted by atomic mass is 32.2. The van der Waals surface area contributed by atoms with Crippen LogP contribution in [0.4, 0.5) is 0 Å². The lowest BCUT2D eigenvalue weighted by Gasteiger charge is -2.28. The number of likely N-dealkylation sites (tertiary alicyclic amines) is 1. The van der Waals surface area contributed by atoms with Gasteiger partial charge in [0.05, 0.1) is 11.5 Å². The first-order chi connectivity index (χ1) is 11.1. The molecule has 0 radical (unpaired) electrons. The molecule has 0 amide bonds. The summed E-state index contributed by atoms with van der Waals surface area (Å²) in [5.74, 6) is 1.08. The van der Waals surface area contributed by atoms with E-state index in [4.69, 9.17) is 0 Å². The quantitative estimate of drug-likeness (QED) is 0.866. The van der Waals surface area contributed by atoms with Crippen molar-refractivity contribution in [3.63, 3.8) is 0 Å². The second kappa shape index (κ2) is 5.91. The minimum Gasteiger partial charge on any atom is -0.296 e. The Hall–Kier alpha value is -1.39. The molecule has 0 saturated carbocycles. The molecule has 3 nitrogen and oxygen atoms in total. The molecular formula is C19H23NO2S. The van der Waals surface area contributed by atoms with Crippen LogP contribution in [0.25, 0.3) is 10.8 Å². The van der Waals surface area contributed by atoms with Crippen molar-refractivity contribution in [2.75, 3.05) is 24.6 Å². The second-order valence-electron chi connectivity index (χ2n) is 6.99. The molecule has 4 heteroatoms. The van der Waals surface area contributed by atoms with Gasteiger partial charge in [-0.25, -0.2) is 8.42 Å². The average Bonchev–Trinajstić information content (AvgIpc) is 3.13. The lowest BCUT2D eigenvalue weighted by Crippen LogP contribution is -2.30. The molecule has 2 aliphatic rings. The fraction of sp³-hybridized carbons (Fsp3) is 0.474. The molecule has 23 heavy (non-hydrogen) atoms. The van der Waals surface area contributed by atoms with Crippen LogP contribution in [0.15, 0.2) is 42.5 Å². The number of sulfone groups is 1. The third-order valence-corrected chi connectivity index (χ3v) is 7.20. The summed E-state index contributed by atoms with van der Waals surface area (Å²) in [6.07, 6.45) is 3.21. The van der Waals surface area contributed by atoms with Gasteiger partial charge in [0.25, 0.3) is 0 Å². The van der Waals surface area contributed by atoms with E-state index in [9.17, 15) is 8.42 Å². The molecule has 2 fully saturated rings. The van der Waals surface area contributed by atoms with Gasteiger partial charge in [0.2, 0.25) is 0 Å². The third kappa shape index (κ3) is 3.02. The number of hydrogen-bond acceptors (Lipinski definition) is 3. The predicted octanol–water partition coefficient (Wildman–Crippen LogP) is 3.41. The fourth-order valence-corrected chi connectivity index (χ4v) is 6.13. The second-order valence-corrected chi connectivity index (χ2v) is 9.22. The Morgan fingerprint density at radius 3 is 2.70 bits per heavy atom. The van der Waals surface area contributed by atoms with Crippen molar-refractivity contribution in [3.05, 3.63) is 48.0 Å². The minimum absolute atomic E-state index is 0.315. The van der Waals surface area contributed by atoms with Crippen LogP contribution in [0.5, 0.6) is 0 Å². The highest BCUT2D eigenvalue weighted by Gasteiger charge is 2.33. The molecule has 2 atom stereocenters. The summed E-state index contributed by atoms with van der Waals surface area (Å²) in [5, 5.41) is 2.63. The Bertz CT molecular complexity index is 810. The van der Waals surface area contributed by atoms with Crippen molar-refractivity contribution in [1.29, 1.82) is 0 Å². The molecule has 0 aliphatic carbocycles. The van der Waals surface area contributed by atoms with Gasteiger partial charge in [-0.3, -0.25) is 4.90 Å². The van der Waals surface area contributed by atoms with E-state index in [1.807, 2.05) is 0 Å². The number of hydrogen-bond donors (Lipinski definition) is 0. The third-order valence-electron chi connectivity index (χ3n) is 5.37. The van der Waals surface area contributed by atoms with E-state index in [0.717, 1.165) is 19.5 Å². The fourth-order valence-electron chi connectivity index (χ4n) is 4.29. The van der Waals surface area contributed by atoms with Crippen LogP contribution in [-0.4, -0.2) is 37.9 Å². The maximum atomic E-state index is 11.7. The van der Waals surface area contributed by atoms with E-state index in [0.29, 0.717) is 23.5 Å². The van der Waals surface area contributed by atoms with Gasteiger partial charge >= 0.3 is 0 Å². The summed E-state index contributed by atoms with van der Waals surface area (Å²) in [4.78, 5) is 2.52. The molecule has 2 heterocycles. The largest absolute Gasteiger partial charge is 0.296 e. The van der Waals surface area contributed by atoms with Gasteiger partial charge in [-0.2, -0.15) is 0 Å². The summed E-state index contributed by atoms with van der Waals surface area (Å²) < 4.78 is 23.4. The molecule has 0 N–H and O–H groups in total. The molecule has 122 valence electrons. The Morgan fingerprint density at radius 1 is 1.04 bits per heavy atom. The van der Waals surface area contributed by atoms with Crippen LogP contribution in [0, 0.1) is 5.92 Å². The number of benzene rings is 2. The molecule has 0 bridgehead atoms. The molecular weight excluding hydrogens is 306 g/mol. The first-order valence-corrected chi connectivity index (χ1v) is 10.4. The van der Waals surface area contributed by atoms with Crippen LogP contribution in [0.1, 0.15) is 30.9 Å². The summed E-state index contributed by atoms with van der Waals surface area (Å²) in [6.45, 7) is 2.01. The van der Waals surface area contributed by atoms with Crippen LogP contribution >= 0.6 is 0 Å². The molecule has 2 aromatic rings. The predicted molar refractivity (Wildman–Crippen MR) is 94.3 cm³/mol. The molecule has 0 spiro atoms. The zero-order valence-corrected chi connectivity index (χ0v) is 14.1. The zero-order valence-electron chi connectivity index (χ0n) is 13.3. The van der Waals surface area contributed by atoms with E-state index in [1.165, 1.54) is 29.2 Å². The highest BCUT2D eigenvalue weighted by molar-refractivity contribution is 7.91. The van der Waals surface area contributed by atoms with Gasteiger partial charge in [-0.05, 0) is 48.1 Å². The van der Waals surface area contributed by atoms with Crippen LogP contribution in [0.3, 0.4) is 0 Å². The van der Waals surface area contributed by atoms with E-state index in [1.54, 1.807) is 0 Å². The van der Waals surface area contributed by atoms with Crippen molar-refractivity contribution in [1.82, 2.24) is 4.90 Å². The molecule has 0 unspecified atom stereocenters. The topological polar surface area (TPSA) is 37.4 Å². The Morgan fingerprint density at radius 2 is 1.87 bits per heavy atom. The maximum absolute atomic E-state index is 11.7.